The van der Waals surface area contributed by atoms with Gasteiger partial charge in [0.05, 0.1) is 10.5 Å². The molecule has 1 amide bonds. The van der Waals surface area contributed by atoms with Crippen molar-refractivity contribution in [3.05, 3.63) is 29.8 Å². The Bertz CT molecular complexity index is 748. The summed E-state index contributed by atoms with van der Waals surface area (Å²) in [6.07, 6.45) is 0.722. The number of aromatic carboxylic acids is 1. The van der Waals surface area contributed by atoms with Gasteiger partial charge in [-0.05, 0) is 30.7 Å². The highest BCUT2D eigenvalue weighted by Crippen LogP contribution is 2.25. The molecule has 0 unspecified atom stereocenters. The number of carboxylic acids is 1. The summed E-state index contributed by atoms with van der Waals surface area (Å²) in [7, 11) is -3.69. The van der Waals surface area contributed by atoms with E-state index < -0.39 is 21.4 Å². The third kappa shape index (κ3) is 4.01. The number of carbonyl (C=O) groups is 2. The summed E-state index contributed by atoms with van der Waals surface area (Å²) in [5.74, 6) is -1.06. The largest absolute Gasteiger partial charge is 0.478 e. The van der Waals surface area contributed by atoms with E-state index in [1.54, 1.807) is 4.90 Å². The molecule has 0 bridgehead atoms. The first-order chi connectivity index (χ1) is 11.6. The zero-order valence-corrected chi connectivity index (χ0v) is 15.5. The van der Waals surface area contributed by atoms with Crippen molar-refractivity contribution in [2.45, 2.75) is 32.1 Å². The molecule has 0 radical (unpaired) electrons. The Hall–Kier alpha value is -1.93. The van der Waals surface area contributed by atoms with Crippen LogP contribution in [0.25, 0.3) is 0 Å². The summed E-state index contributed by atoms with van der Waals surface area (Å²) in [6, 6.07) is 5.16. The van der Waals surface area contributed by atoms with Gasteiger partial charge in [0.2, 0.25) is 15.9 Å². The van der Waals surface area contributed by atoms with Crippen molar-refractivity contribution < 1.29 is 23.1 Å². The smallest absolute Gasteiger partial charge is 0.335 e. The fourth-order valence-corrected chi connectivity index (χ4v) is 4.05. The predicted molar refractivity (Wildman–Crippen MR) is 92.8 cm³/mol. The molecule has 7 nitrogen and oxygen atoms in total. The summed E-state index contributed by atoms with van der Waals surface area (Å²) in [5.41, 5.74) is -0.413. The Morgan fingerprint density at radius 1 is 1.08 bits per heavy atom. The van der Waals surface area contributed by atoms with Gasteiger partial charge in [-0.3, -0.25) is 4.79 Å². The minimum absolute atomic E-state index is 0.0381. The van der Waals surface area contributed by atoms with Gasteiger partial charge in [-0.15, -0.1) is 0 Å². The number of nitrogens with zero attached hydrogens (tertiary/aromatic N) is 2. The van der Waals surface area contributed by atoms with Crippen molar-refractivity contribution in [1.29, 1.82) is 0 Å². The molecular weight excluding hydrogens is 344 g/mol. The van der Waals surface area contributed by atoms with Crippen LogP contribution in [-0.4, -0.2) is 60.8 Å². The van der Waals surface area contributed by atoms with E-state index in [0.717, 1.165) is 6.42 Å². The van der Waals surface area contributed by atoms with Gasteiger partial charge in [0.15, 0.2) is 0 Å². The zero-order valence-electron chi connectivity index (χ0n) is 14.7. The number of benzene rings is 1. The molecule has 1 heterocycles. The Morgan fingerprint density at radius 2 is 1.60 bits per heavy atom. The second-order valence-corrected chi connectivity index (χ2v) is 8.70. The summed E-state index contributed by atoms with van der Waals surface area (Å²) in [6.45, 7) is 6.91. The van der Waals surface area contributed by atoms with Crippen LogP contribution in [0.3, 0.4) is 0 Å². The van der Waals surface area contributed by atoms with Crippen molar-refractivity contribution in [3.8, 4) is 0 Å². The number of carbonyl (C=O) groups excluding carboxylic acids is 1. The number of sulfonamides is 1. The lowest BCUT2D eigenvalue weighted by atomic mass is 9.88. The van der Waals surface area contributed by atoms with Gasteiger partial charge in [0, 0.05) is 31.6 Å². The molecule has 1 aromatic carbocycles. The minimum Gasteiger partial charge on any atom is -0.478 e. The number of amides is 1. The average molecular weight is 368 g/mol. The lowest BCUT2D eigenvalue weighted by molar-refractivity contribution is -0.141. The maximum Gasteiger partial charge on any atom is 0.335 e. The molecular formula is C17H24N2O5S. The first-order valence-corrected chi connectivity index (χ1v) is 9.66. The summed E-state index contributed by atoms with van der Waals surface area (Å²) in [4.78, 5) is 25.1. The Morgan fingerprint density at radius 3 is 2.04 bits per heavy atom. The topological polar surface area (TPSA) is 95.0 Å². The maximum atomic E-state index is 12.7. The van der Waals surface area contributed by atoms with Crippen molar-refractivity contribution in [2.24, 2.45) is 5.41 Å². The first-order valence-electron chi connectivity index (χ1n) is 8.22. The lowest BCUT2D eigenvalue weighted by Gasteiger charge is -2.37. The van der Waals surface area contributed by atoms with Crippen LogP contribution in [0.2, 0.25) is 0 Å². The molecule has 0 aromatic heterocycles. The van der Waals surface area contributed by atoms with E-state index in [2.05, 4.69) is 0 Å². The summed E-state index contributed by atoms with van der Waals surface area (Å²) >= 11 is 0. The minimum atomic E-state index is -3.69. The number of carboxylic acid groups (broad SMARTS) is 1. The Balaban J connectivity index is 2.09. The highest BCUT2D eigenvalue weighted by Gasteiger charge is 2.35. The zero-order chi connectivity index (χ0) is 18.8. The van der Waals surface area contributed by atoms with Gasteiger partial charge < -0.3 is 10.0 Å². The highest BCUT2D eigenvalue weighted by atomic mass is 32.2. The number of hydrogen-bond acceptors (Lipinski definition) is 4. The second-order valence-electron chi connectivity index (χ2n) is 6.76. The van der Waals surface area contributed by atoms with Gasteiger partial charge >= 0.3 is 5.97 Å². The predicted octanol–water partition coefficient (Wildman–Crippen LogP) is 1.65. The van der Waals surface area contributed by atoms with Crippen LogP contribution >= 0.6 is 0 Å². The van der Waals surface area contributed by atoms with Crippen molar-refractivity contribution in [2.75, 3.05) is 26.2 Å². The molecule has 2 rings (SSSR count). The van der Waals surface area contributed by atoms with E-state index in [-0.39, 0.29) is 29.5 Å². The summed E-state index contributed by atoms with van der Waals surface area (Å²) in [5, 5.41) is 8.90. The molecule has 1 aromatic rings. The highest BCUT2D eigenvalue weighted by molar-refractivity contribution is 7.89. The van der Waals surface area contributed by atoms with Crippen molar-refractivity contribution in [3.63, 3.8) is 0 Å². The van der Waals surface area contributed by atoms with E-state index in [4.69, 9.17) is 5.11 Å². The molecule has 0 spiro atoms. The fourth-order valence-electron chi connectivity index (χ4n) is 2.63. The molecule has 1 fully saturated rings. The van der Waals surface area contributed by atoms with Crippen molar-refractivity contribution >= 4 is 21.9 Å². The standard InChI is InChI=1S/C17H24N2O5S/c1-4-17(2,3)16(22)18-9-11-19(12-10-18)25(23,24)14-7-5-13(6-8-14)15(20)21/h5-8H,4,9-12H2,1-3H3,(H,20,21). The monoisotopic (exact) mass is 368 g/mol. The lowest BCUT2D eigenvalue weighted by Crippen LogP contribution is -2.53. The van der Waals surface area contributed by atoms with Crippen LogP contribution < -0.4 is 0 Å². The molecule has 0 aliphatic carbocycles. The Labute approximate surface area is 148 Å². The van der Waals surface area contributed by atoms with Gasteiger partial charge in [-0.25, -0.2) is 13.2 Å². The SMILES string of the molecule is CCC(C)(C)C(=O)N1CCN(S(=O)(=O)c2ccc(C(=O)O)cc2)CC1. The van der Waals surface area contributed by atoms with Gasteiger partial charge in [0.25, 0.3) is 0 Å². The van der Waals surface area contributed by atoms with E-state index in [0.29, 0.717) is 13.1 Å². The van der Waals surface area contributed by atoms with Crippen LogP contribution in [0.1, 0.15) is 37.6 Å². The first kappa shape index (κ1) is 19.4. The number of rotatable bonds is 5. The summed E-state index contributed by atoms with van der Waals surface area (Å²) < 4.78 is 26.7. The third-order valence-electron chi connectivity index (χ3n) is 4.73. The molecule has 0 saturated carbocycles. The molecule has 8 heteroatoms. The van der Waals surface area contributed by atoms with Crippen LogP contribution in [0.15, 0.2) is 29.2 Å². The number of piperazine rings is 1. The third-order valence-corrected chi connectivity index (χ3v) is 6.64. The van der Waals surface area contributed by atoms with Crippen LogP contribution in [0.5, 0.6) is 0 Å². The van der Waals surface area contributed by atoms with Gasteiger partial charge in [-0.1, -0.05) is 20.8 Å². The quantitative estimate of drug-likeness (QED) is 0.853. The molecule has 138 valence electrons. The second kappa shape index (κ2) is 7.13. The van der Waals surface area contributed by atoms with E-state index in [1.807, 2.05) is 20.8 Å². The van der Waals surface area contributed by atoms with E-state index in [9.17, 15) is 18.0 Å². The molecule has 1 aliphatic heterocycles. The normalized spacial score (nSPS) is 16.7. The van der Waals surface area contributed by atoms with Gasteiger partial charge in [0.1, 0.15) is 0 Å². The molecule has 1 aliphatic rings. The Kier molecular flexibility index (Phi) is 5.53. The molecule has 25 heavy (non-hydrogen) atoms. The van der Waals surface area contributed by atoms with Crippen LogP contribution in [0.4, 0.5) is 0 Å². The molecule has 0 atom stereocenters. The van der Waals surface area contributed by atoms with E-state index in [1.165, 1.54) is 28.6 Å². The van der Waals surface area contributed by atoms with Gasteiger partial charge in [-0.2, -0.15) is 4.31 Å². The fraction of sp³-hybridized carbons (Fsp3) is 0.529. The van der Waals surface area contributed by atoms with Crippen molar-refractivity contribution in [1.82, 2.24) is 9.21 Å². The maximum absolute atomic E-state index is 12.7. The number of hydrogen-bond donors (Lipinski definition) is 1. The van der Waals surface area contributed by atoms with Crippen LogP contribution in [0, 0.1) is 5.41 Å². The van der Waals surface area contributed by atoms with E-state index >= 15 is 0 Å². The average Bonchev–Trinajstić information content (AvgIpc) is 2.61. The molecule has 1 N–H and O–H groups in total. The molecule has 1 saturated heterocycles. The van der Waals surface area contributed by atoms with Crippen LogP contribution in [-0.2, 0) is 14.8 Å².